The first-order valence-corrected chi connectivity index (χ1v) is 11.0. The van der Waals surface area contributed by atoms with E-state index in [2.05, 4.69) is 11.6 Å². The number of Topliss-reactive ketones (excluding diaryl/α,β-unsaturated/α-hetero) is 1. The zero-order valence-corrected chi connectivity index (χ0v) is 18.6. The molecule has 7 nitrogen and oxygen atoms in total. The molecule has 0 bridgehead atoms. The highest BCUT2D eigenvalue weighted by atomic mass is 16.5. The predicted octanol–water partition coefficient (Wildman–Crippen LogP) is 3.90. The molecule has 0 spiro atoms. The lowest BCUT2D eigenvalue weighted by molar-refractivity contribution is -0.125. The molecule has 1 aliphatic rings. The summed E-state index contributed by atoms with van der Waals surface area (Å²) in [5.41, 5.74) is 7.94. The number of hydrogen-bond acceptors (Lipinski definition) is 5. The minimum absolute atomic E-state index is 0.0274. The largest absolute Gasteiger partial charge is 0.456 e. The van der Waals surface area contributed by atoms with Crippen molar-refractivity contribution in [3.63, 3.8) is 0 Å². The van der Waals surface area contributed by atoms with Crippen LogP contribution in [-0.4, -0.2) is 40.6 Å². The van der Waals surface area contributed by atoms with Crippen LogP contribution in [0.2, 0.25) is 0 Å². The Hall–Kier alpha value is -4.26. The highest BCUT2D eigenvalue weighted by Gasteiger charge is 2.28. The second kappa shape index (κ2) is 10.1. The lowest BCUT2D eigenvalue weighted by atomic mass is 10.0. The number of nitrogens with zero attached hydrogens (tertiary/aromatic N) is 2. The third-order valence-corrected chi connectivity index (χ3v) is 5.86. The van der Waals surface area contributed by atoms with E-state index in [-0.39, 0.29) is 29.6 Å². The first-order chi connectivity index (χ1) is 16.4. The van der Waals surface area contributed by atoms with Crippen molar-refractivity contribution in [2.24, 2.45) is 5.73 Å². The first kappa shape index (κ1) is 22.9. The molecule has 34 heavy (non-hydrogen) atoms. The van der Waals surface area contributed by atoms with Gasteiger partial charge < -0.3 is 15.4 Å². The zero-order chi connectivity index (χ0) is 24.1. The second-order valence-corrected chi connectivity index (χ2v) is 8.16. The molecule has 1 aromatic heterocycles. The number of primary amides is 1. The average Bonchev–Trinajstić information content (AvgIpc) is 3.35. The molecule has 1 unspecified atom stereocenters. The minimum atomic E-state index is -0.644. The number of aromatic nitrogens is 1. The molecule has 1 saturated heterocycles. The molecule has 2 aromatic carbocycles. The van der Waals surface area contributed by atoms with E-state index in [1.165, 1.54) is 12.3 Å². The molecule has 1 fully saturated rings. The summed E-state index contributed by atoms with van der Waals surface area (Å²) in [5, 5.41) is 0. The molecule has 4 rings (SSSR count). The van der Waals surface area contributed by atoms with Crippen LogP contribution in [0.5, 0.6) is 11.5 Å². The van der Waals surface area contributed by atoms with Crippen molar-refractivity contribution in [2.45, 2.75) is 18.8 Å². The maximum atomic E-state index is 12.4. The van der Waals surface area contributed by atoms with Crippen molar-refractivity contribution in [2.75, 3.05) is 13.1 Å². The maximum Gasteiger partial charge on any atom is 0.254 e. The number of ether oxygens (including phenoxy) is 1. The van der Waals surface area contributed by atoms with Gasteiger partial charge in [0.1, 0.15) is 17.1 Å². The van der Waals surface area contributed by atoms with Crippen molar-refractivity contribution < 1.29 is 19.1 Å². The van der Waals surface area contributed by atoms with Gasteiger partial charge in [0.25, 0.3) is 5.91 Å². The van der Waals surface area contributed by atoms with Gasteiger partial charge in [0, 0.05) is 48.9 Å². The summed E-state index contributed by atoms with van der Waals surface area (Å²) in [5.74, 6) is 0.112. The Morgan fingerprint density at radius 3 is 2.53 bits per heavy atom. The fourth-order valence-corrected chi connectivity index (χ4v) is 3.99. The van der Waals surface area contributed by atoms with Crippen LogP contribution in [0.1, 0.15) is 44.3 Å². The number of carbonyl (C=O) groups is 3. The van der Waals surface area contributed by atoms with E-state index < -0.39 is 5.91 Å². The fourth-order valence-electron chi connectivity index (χ4n) is 3.99. The van der Waals surface area contributed by atoms with Crippen molar-refractivity contribution in [1.82, 2.24) is 9.88 Å². The summed E-state index contributed by atoms with van der Waals surface area (Å²) >= 11 is 0. The molecular formula is C27H25N3O4. The molecule has 172 valence electrons. The van der Waals surface area contributed by atoms with Crippen LogP contribution in [0.25, 0.3) is 0 Å². The van der Waals surface area contributed by atoms with Crippen LogP contribution < -0.4 is 10.5 Å². The zero-order valence-electron chi connectivity index (χ0n) is 18.6. The van der Waals surface area contributed by atoms with E-state index in [1.807, 2.05) is 30.3 Å². The Morgan fingerprint density at radius 2 is 1.85 bits per heavy atom. The Morgan fingerprint density at radius 1 is 1.12 bits per heavy atom. The van der Waals surface area contributed by atoms with E-state index in [0.717, 1.165) is 17.7 Å². The number of ketones is 1. The van der Waals surface area contributed by atoms with Gasteiger partial charge in [-0.25, -0.2) is 0 Å². The van der Waals surface area contributed by atoms with Gasteiger partial charge in [-0.1, -0.05) is 49.0 Å². The number of benzene rings is 2. The fraction of sp³-hybridized carbons (Fsp3) is 0.185. The monoisotopic (exact) mass is 455 g/mol. The van der Waals surface area contributed by atoms with Gasteiger partial charge in [0.15, 0.2) is 5.78 Å². The quantitative estimate of drug-likeness (QED) is 0.410. The molecule has 2 amide bonds. The van der Waals surface area contributed by atoms with Crippen LogP contribution in [0.4, 0.5) is 0 Å². The maximum absolute atomic E-state index is 12.4. The van der Waals surface area contributed by atoms with E-state index >= 15 is 0 Å². The van der Waals surface area contributed by atoms with Crippen LogP contribution in [0.15, 0.2) is 79.5 Å². The Labute approximate surface area is 197 Å². The summed E-state index contributed by atoms with van der Waals surface area (Å²) in [7, 11) is 0. The topological polar surface area (TPSA) is 103 Å². The van der Waals surface area contributed by atoms with Crippen molar-refractivity contribution in [3.05, 3.63) is 102 Å². The van der Waals surface area contributed by atoms with Crippen LogP contribution in [0.3, 0.4) is 0 Å². The van der Waals surface area contributed by atoms with E-state index in [0.29, 0.717) is 30.2 Å². The Kier molecular flexibility index (Phi) is 6.82. The number of carbonyl (C=O) groups excluding carboxylic acids is 3. The van der Waals surface area contributed by atoms with Gasteiger partial charge in [0.2, 0.25) is 5.91 Å². The number of nitrogens with two attached hydrogens (primary N) is 1. The van der Waals surface area contributed by atoms with E-state index in [4.69, 9.17) is 10.5 Å². The molecule has 2 heterocycles. The number of pyridine rings is 1. The van der Waals surface area contributed by atoms with Crippen molar-refractivity contribution >= 4 is 17.6 Å². The molecule has 0 radical (unpaired) electrons. The standard InChI is InChI=1S/C27H25N3O4/c1-2-26(32)30-13-12-20(17-30)23-15-25(22(16-29-23)27(28)33)34-21-10-8-18(9-11-21)14-24(31)19-6-4-3-5-7-19/h2-11,15-16,20H,1,12-14,17H2,(H2,28,33). The van der Waals surface area contributed by atoms with Crippen LogP contribution in [-0.2, 0) is 11.2 Å². The Balaban J connectivity index is 1.49. The summed E-state index contributed by atoms with van der Waals surface area (Å²) in [6, 6.07) is 18.0. The summed E-state index contributed by atoms with van der Waals surface area (Å²) in [6.45, 7) is 4.68. The van der Waals surface area contributed by atoms with Gasteiger partial charge in [-0.05, 0) is 30.2 Å². The predicted molar refractivity (Wildman–Crippen MR) is 128 cm³/mol. The molecule has 7 heteroatoms. The first-order valence-electron chi connectivity index (χ1n) is 11.0. The lowest BCUT2D eigenvalue weighted by Crippen LogP contribution is -2.26. The van der Waals surface area contributed by atoms with Gasteiger partial charge in [-0.3, -0.25) is 19.4 Å². The molecule has 3 aromatic rings. The molecule has 0 aliphatic carbocycles. The van der Waals surface area contributed by atoms with Crippen molar-refractivity contribution in [3.8, 4) is 11.5 Å². The number of hydrogen-bond donors (Lipinski definition) is 1. The summed E-state index contributed by atoms with van der Waals surface area (Å²) in [6.07, 6.45) is 3.75. The number of rotatable bonds is 8. The highest BCUT2D eigenvalue weighted by Crippen LogP contribution is 2.32. The van der Waals surface area contributed by atoms with Crippen LogP contribution in [0, 0.1) is 0 Å². The molecule has 1 atom stereocenters. The minimum Gasteiger partial charge on any atom is -0.456 e. The smallest absolute Gasteiger partial charge is 0.254 e. The van der Waals surface area contributed by atoms with Gasteiger partial charge in [-0.15, -0.1) is 0 Å². The van der Waals surface area contributed by atoms with Gasteiger partial charge >= 0.3 is 0 Å². The second-order valence-electron chi connectivity index (χ2n) is 8.16. The van der Waals surface area contributed by atoms with Gasteiger partial charge in [-0.2, -0.15) is 0 Å². The van der Waals surface area contributed by atoms with E-state index in [9.17, 15) is 14.4 Å². The summed E-state index contributed by atoms with van der Waals surface area (Å²) < 4.78 is 5.99. The summed E-state index contributed by atoms with van der Waals surface area (Å²) in [4.78, 5) is 42.4. The number of likely N-dealkylation sites (tertiary alicyclic amines) is 1. The molecule has 0 saturated carbocycles. The van der Waals surface area contributed by atoms with Crippen molar-refractivity contribution in [1.29, 1.82) is 0 Å². The normalized spacial score (nSPS) is 15.1. The van der Waals surface area contributed by atoms with E-state index in [1.54, 1.807) is 35.2 Å². The third-order valence-electron chi connectivity index (χ3n) is 5.86. The lowest BCUT2D eigenvalue weighted by Gasteiger charge is -2.16. The SMILES string of the molecule is C=CC(=O)N1CCC(c2cc(Oc3ccc(CC(=O)c4ccccc4)cc3)c(C(N)=O)cn2)C1. The molecular weight excluding hydrogens is 430 g/mol. The molecule has 1 aliphatic heterocycles. The number of amides is 2. The van der Waals surface area contributed by atoms with Crippen LogP contribution >= 0.6 is 0 Å². The average molecular weight is 456 g/mol. The third kappa shape index (κ3) is 5.20. The molecule has 2 N–H and O–H groups in total. The highest BCUT2D eigenvalue weighted by molar-refractivity contribution is 5.97. The Bertz CT molecular complexity index is 1220. The van der Waals surface area contributed by atoms with Gasteiger partial charge in [0.05, 0.1) is 0 Å².